The molecule has 0 atom stereocenters. The lowest BCUT2D eigenvalue weighted by Gasteiger charge is -2.15. The van der Waals surface area contributed by atoms with Gasteiger partial charge in [-0.25, -0.2) is 9.82 Å². The van der Waals surface area contributed by atoms with Crippen LogP contribution in [0.25, 0.3) is 0 Å². The second-order valence-electron chi connectivity index (χ2n) is 5.61. The van der Waals surface area contributed by atoms with Crippen LogP contribution in [0.15, 0.2) is 28.1 Å². The van der Waals surface area contributed by atoms with Crippen molar-refractivity contribution in [2.75, 3.05) is 5.43 Å². The van der Waals surface area contributed by atoms with E-state index in [4.69, 9.17) is 11.6 Å². The highest BCUT2D eigenvalue weighted by Gasteiger charge is 2.20. The fourth-order valence-corrected chi connectivity index (χ4v) is 1.88. The van der Waals surface area contributed by atoms with E-state index in [9.17, 15) is 9.18 Å². The van der Waals surface area contributed by atoms with E-state index in [1.54, 1.807) is 6.07 Å². The van der Waals surface area contributed by atoms with Crippen LogP contribution < -0.4 is 11.0 Å². The Morgan fingerprint density at radius 1 is 1.36 bits per heavy atom. The molecule has 6 nitrogen and oxygen atoms in total. The topological polar surface area (TPSA) is 83.0 Å². The van der Waals surface area contributed by atoms with Crippen molar-refractivity contribution in [3.63, 3.8) is 0 Å². The molecule has 0 aliphatic carbocycles. The normalized spacial score (nSPS) is 11.9. The molecule has 1 heterocycles. The lowest BCUT2D eigenvalue weighted by atomic mass is 9.93. The summed E-state index contributed by atoms with van der Waals surface area (Å²) in [7, 11) is 0. The molecular weight excluding hydrogens is 309 g/mol. The number of benzene rings is 1. The van der Waals surface area contributed by atoms with Gasteiger partial charge in [-0.1, -0.05) is 38.4 Å². The van der Waals surface area contributed by atoms with Gasteiger partial charge >= 0.3 is 0 Å². The van der Waals surface area contributed by atoms with Gasteiger partial charge in [-0.2, -0.15) is 5.10 Å². The maximum Gasteiger partial charge on any atom is 0.274 e. The number of halogens is 2. The molecule has 0 fully saturated rings. The first-order chi connectivity index (χ1) is 10.3. The monoisotopic (exact) mass is 323 g/mol. The average molecular weight is 324 g/mol. The van der Waals surface area contributed by atoms with Crippen LogP contribution in [0.2, 0.25) is 5.02 Å². The first-order valence-electron chi connectivity index (χ1n) is 6.49. The van der Waals surface area contributed by atoms with Gasteiger partial charge in [-0.15, -0.1) is 10.2 Å². The van der Waals surface area contributed by atoms with Crippen molar-refractivity contribution in [3.05, 3.63) is 50.7 Å². The SMILES string of the molecule is CC(C)(C)c1nnc(N/N=C/c2c(F)cccc2Cl)[nH]c1=O. The second-order valence-corrected chi connectivity index (χ2v) is 6.01. The zero-order valence-corrected chi connectivity index (χ0v) is 13.1. The standard InChI is InChI=1S/C14H15ClFN5O/c1-14(2,3)11-12(22)18-13(21-19-11)20-17-7-8-9(15)5-4-6-10(8)16/h4-7H,1-3H3,(H2,18,20,21,22)/b17-7+. The number of hydrogen-bond acceptors (Lipinski definition) is 5. The Morgan fingerprint density at radius 3 is 2.68 bits per heavy atom. The maximum absolute atomic E-state index is 13.5. The first-order valence-corrected chi connectivity index (χ1v) is 6.87. The summed E-state index contributed by atoms with van der Waals surface area (Å²) >= 11 is 5.86. The van der Waals surface area contributed by atoms with Gasteiger partial charge in [0.1, 0.15) is 11.5 Å². The molecule has 0 amide bonds. The minimum Gasteiger partial charge on any atom is -0.288 e. The fourth-order valence-electron chi connectivity index (χ4n) is 1.67. The number of H-pyrrole nitrogens is 1. The van der Waals surface area contributed by atoms with Crippen molar-refractivity contribution in [2.24, 2.45) is 5.10 Å². The highest BCUT2D eigenvalue weighted by Crippen LogP contribution is 2.17. The number of hydrogen-bond donors (Lipinski definition) is 2. The van der Waals surface area contributed by atoms with Crippen molar-refractivity contribution in [2.45, 2.75) is 26.2 Å². The zero-order chi connectivity index (χ0) is 16.3. The molecule has 0 spiro atoms. The van der Waals surface area contributed by atoms with E-state index >= 15 is 0 Å². The van der Waals surface area contributed by atoms with E-state index < -0.39 is 11.2 Å². The molecule has 0 saturated heterocycles. The van der Waals surface area contributed by atoms with Crippen molar-refractivity contribution < 1.29 is 4.39 Å². The quantitative estimate of drug-likeness (QED) is 0.672. The third-order valence-corrected chi connectivity index (χ3v) is 3.10. The maximum atomic E-state index is 13.5. The van der Waals surface area contributed by atoms with E-state index in [-0.39, 0.29) is 22.1 Å². The number of aromatic nitrogens is 3. The molecule has 2 N–H and O–H groups in total. The lowest BCUT2D eigenvalue weighted by Crippen LogP contribution is -2.28. The van der Waals surface area contributed by atoms with Crippen LogP contribution in [0.5, 0.6) is 0 Å². The molecule has 2 rings (SSSR count). The summed E-state index contributed by atoms with van der Waals surface area (Å²) in [5.41, 5.74) is 2.17. The molecule has 22 heavy (non-hydrogen) atoms. The second kappa shape index (κ2) is 6.23. The minimum atomic E-state index is -0.499. The molecule has 8 heteroatoms. The third-order valence-electron chi connectivity index (χ3n) is 2.77. The molecule has 0 unspecified atom stereocenters. The van der Waals surface area contributed by atoms with Crippen LogP contribution in [-0.2, 0) is 5.41 Å². The number of rotatable bonds is 3. The van der Waals surface area contributed by atoms with Crippen LogP contribution in [0.4, 0.5) is 10.3 Å². The minimum absolute atomic E-state index is 0.0571. The summed E-state index contributed by atoms with van der Waals surface area (Å²) in [6.07, 6.45) is 1.20. The summed E-state index contributed by atoms with van der Waals surface area (Å²) in [5.74, 6) is -0.442. The molecule has 1 aromatic heterocycles. The molecule has 0 bridgehead atoms. The zero-order valence-electron chi connectivity index (χ0n) is 12.3. The Bertz CT molecular complexity index is 746. The van der Waals surface area contributed by atoms with Gasteiger partial charge in [0.25, 0.3) is 5.56 Å². The van der Waals surface area contributed by atoms with Gasteiger partial charge < -0.3 is 0 Å². The Labute approximate surface area is 131 Å². The van der Waals surface area contributed by atoms with Gasteiger partial charge in [-0.3, -0.25) is 9.78 Å². The molecule has 1 aromatic carbocycles. The van der Waals surface area contributed by atoms with E-state index in [2.05, 4.69) is 25.7 Å². The van der Waals surface area contributed by atoms with Gasteiger partial charge in [0.2, 0.25) is 5.95 Å². The molecule has 0 aliphatic rings. The van der Waals surface area contributed by atoms with Crippen molar-refractivity contribution in [3.8, 4) is 0 Å². The largest absolute Gasteiger partial charge is 0.288 e. The molecule has 0 aliphatic heterocycles. The predicted octanol–water partition coefficient (Wildman–Crippen LogP) is 2.70. The summed E-state index contributed by atoms with van der Waals surface area (Å²) in [4.78, 5) is 14.4. The van der Waals surface area contributed by atoms with Crippen LogP contribution in [0.3, 0.4) is 0 Å². The average Bonchev–Trinajstić information content (AvgIpc) is 2.40. The van der Waals surface area contributed by atoms with Crippen molar-refractivity contribution >= 4 is 23.8 Å². The number of anilines is 1. The first kappa shape index (κ1) is 16.1. The van der Waals surface area contributed by atoms with Gasteiger partial charge in [-0.05, 0) is 12.1 Å². The van der Waals surface area contributed by atoms with Crippen LogP contribution in [0, 0.1) is 5.82 Å². The third kappa shape index (κ3) is 3.67. The van der Waals surface area contributed by atoms with E-state index in [0.29, 0.717) is 5.69 Å². The predicted molar refractivity (Wildman–Crippen MR) is 84.0 cm³/mol. The van der Waals surface area contributed by atoms with E-state index in [1.165, 1.54) is 18.3 Å². The summed E-state index contributed by atoms with van der Waals surface area (Å²) in [6.45, 7) is 5.58. The van der Waals surface area contributed by atoms with Gasteiger partial charge in [0.05, 0.1) is 11.2 Å². The molecular formula is C14H15ClFN5O. The number of aromatic amines is 1. The summed E-state index contributed by atoms with van der Waals surface area (Å²) < 4.78 is 13.5. The van der Waals surface area contributed by atoms with Crippen LogP contribution in [0.1, 0.15) is 32.0 Å². The molecule has 116 valence electrons. The highest BCUT2D eigenvalue weighted by atomic mass is 35.5. The lowest BCUT2D eigenvalue weighted by molar-refractivity contribution is 0.547. The van der Waals surface area contributed by atoms with Gasteiger partial charge in [0, 0.05) is 11.0 Å². The number of hydrazone groups is 1. The summed E-state index contributed by atoms with van der Waals surface area (Å²) in [6, 6.07) is 4.31. The number of nitrogens with one attached hydrogen (secondary N) is 2. The molecule has 0 saturated carbocycles. The highest BCUT2D eigenvalue weighted by molar-refractivity contribution is 6.33. The Kier molecular flexibility index (Phi) is 4.56. The van der Waals surface area contributed by atoms with Crippen LogP contribution >= 0.6 is 11.6 Å². The Balaban J connectivity index is 2.17. The fraction of sp³-hybridized carbons (Fsp3) is 0.286. The Morgan fingerprint density at radius 2 is 2.09 bits per heavy atom. The van der Waals surface area contributed by atoms with Crippen molar-refractivity contribution in [1.29, 1.82) is 0 Å². The van der Waals surface area contributed by atoms with Gasteiger partial charge in [0.15, 0.2) is 0 Å². The summed E-state index contributed by atoms with van der Waals surface area (Å²) in [5, 5.41) is 11.7. The van der Waals surface area contributed by atoms with Crippen LogP contribution in [-0.4, -0.2) is 21.4 Å². The van der Waals surface area contributed by atoms with Crippen molar-refractivity contribution in [1.82, 2.24) is 15.2 Å². The molecule has 2 aromatic rings. The smallest absolute Gasteiger partial charge is 0.274 e. The molecule has 0 radical (unpaired) electrons. The van der Waals surface area contributed by atoms with E-state index in [1.807, 2.05) is 20.8 Å². The Hall–Kier alpha value is -2.28. The number of nitrogens with zero attached hydrogens (tertiary/aromatic N) is 3. The van der Waals surface area contributed by atoms with E-state index in [0.717, 1.165) is 0 Å².